The lowest BCUT2D eigenvalue weighted by molar-refractivity contribution is 0.395. The molecular weight excluding hydrogens is 332 g/mol. The first-order chi connectivity index (χ1) is 12.4. The van der Waals surface area contributed by atoms with Gasteiger partial charge in [-0.1, -0.05) is 19.3 Å². The van der Waals surface area contributed by atoms with Crippen LogP contribution in [0.4, 0.5) is 5.82 Å². The van der Waals surface area contributed by atoms with Crippen molar-refractivity contribution in [3.8, 4) is 0 Å². The van der Waals surface area contributed by atoms with E-state index >= 15 is 0 Å². The molecule has 2 aromatic rings. The molecule has 3 atom stereocenters. The summed E-state index contributed by atoms with van der Waals surface area (Å²) in [6.45, 7) is 2.93. The Balaban J connectivity index is 1.37. The van der Waals surface area contributed by atoms with Crippen LogP contribution in [0.15, 0.2) is 6.33 Å². The van der Waals surface area contributed by atoms with Crippen LogP contribution in [0.25, 0.3) is 10.2 Å². The highest BCUT2D eigenvalue weighted by atomic mass is 32.1. The first kappa shape index (κ1) is 15.9. The summed E-state index contributed by atoms with van der Waals surface area (Å²) in [5.41, 5.74) is 8.53. The van der Waals surface area contributed by atoms with Gasteiger partial charge in [-0.05, 0) is 37.3 Å². The van der Waals surface area contributed by atoms with Crippen LogP contribution in [0.3, 0.4) is 0 Å². The minimum Gasteiger partial charge on any atom is -0.368 e. The lowest BCUT2D eigenvalue weighted by Crippen LogP contribution is -2.37. The van der Waals surface area contributed by atoms with Gasteiger partial charge in [0.2, 0.25) is 0 Å². The number of nitrogens with one attached hydrogen (secondary N) is 4. The zero-order valence-electron chi connectivity index (χ0n) is 14.5. The second-order valence-corrected chi connectivity index (χ2v) is 8.60. The standard InChI is InChI=1S/C18H26N6S/c1-2-4-11-13(5-3-1)23-24-14(11)8-20-17-16-12-6-7-19-9-15(12)25-18(16)22-10-21-17/h10-11,13-14,19,23-24H,1-9H2,(H,20,21,22). The van der Waals surface area contributed by atoms with Gasteiger partial charge in [-0.3, -0.25) is 10.9 Å². The monoisotopic (exact) mass is 358 g/mol. The highest BCUT2D eigenvalue weighted by Gasteiger charge is 2.36. The molecule has 3 unspecified atom stereocenters. The van der Waals surface area contributed by atoms with Crippen LogP contribution in [-0.4, -0.2) is 35.1 Å². The van der Waals surface area contributed by atoms with Gasteiger partial charge in [-0.15, -0.1) is 11.3 Å². The zero-order chi connectivity index (χ0) is 16.6. The van der Waals surface area contributed by atoms with Gasteiger partial charge >= 0.3 is 0 Å². The largest absolute Gasteiger partial charge is 0.368 e. The van der Waals surface area contributed by atoms with Gasteiger partial charge in [-0.2, -0.15) is 0 Å². The number of aromatic nitrogens is 2. The van der Waals surface area contributed by atoms with Crippen LogP contribution in [0.1, 0.15) is 42.5 Å². The van der Waals surface area contributed by atoms with Gasteiger partial charge in [0.25, 0.3) is 0 Å². The molecule has 1 saturated heterocycles. The summed E-state index contributed by atoms with van der Waals surface area (Å²) >= 11 is 1.81. The molecule has 5 rings (SSSR count). The predicted octanol–water partition coefficient (Wildman–Crippen LogP) is 2.17. The number of nitrogens with zero attached hydrogens (tertiary/aromatic N) is 2. The molecule has 3 aliphatic rings. The molecule has 0 amide bonds. The average Bonchev–Trinajstić information content (AvgIpc) is 3.13. The SMILES string of the molecule is c1nc(NCC2NNC3CCCCCC32)c2c3c(sc2n1)CNCC3. The van der Waals surface area contributed by atoms with E-state index in [9.17, 15) is 0 Å². The second-order valence-electron chi connectivity index (χ2n) is 7.52. The molecule has 7 heteroatoms. The minimum absolute atomic E-state index is 0.476. The highest BCUT2D eigenvalue weighted by molar-refractivity contribution is 7.18. The number of hydrogen-bond acceptors (Lipinski definition) is 7. The van der Waals surface area contributed by atoms with Crippen molar-refractivity contribution in [1.82, 2.24) is 26.1 Å². The van der Waals surface area contributed by atoms with Crippen LogP contribution >= 0.6 is 11.3 Å². The number of thiophene rings is 1. The molecule has 0 bridgehead atoms. The van der Waals surface area contributed by atoms with E-state index in [1.54, 1.807) is 6.33 Å². The average molecular weight is 359 g/mol. The Morgan fingerprint density at radius 1 is 1.16 bits per heavy atom. The number of anilines is 1. The third kappa shape index (κ3) is 2.93. The van der Waals surface area contributed by atoms with Gasteiger partial charge in [0.05, 0.1) is 5.39 Å². The third-order valence-electron chi connectivity index (χ3n) is 6.04. The summed E-state index contributed by atoms with van der Waals surface area (Å²) < 4.78 is 0. The van der Waals surface area contributed by atoms with Gasteiger partial charge in [-0.25, -0.2) is 9.97 Å². The molecule has 0 radical (unpaired) electrons. The van der Waals surface area contributed by atoms with Crippen LogP contribution in [0.5, 0.6) is 0 Å². The lowest BCUT2D eigenvalue weighted by Gasteiger charge is -2.21. The molecule has 4 N–H and O–H groups in total. The molecule has 4 heterocycles. The molecule has 2 aliphatic heterocycles. The summed E-state index contributed by atoms with van der Waals surface area (Å²) in [4.78, 5) is 11.6. The van der Waals surface area contributed by atoms with Gasteiger partial charge < -0.3 is 10.6 Å². The van der Waals surface area contributed by atoms with Gasteiger partial charge in [0.15, 0.2) is 0 Å². The topological polar surface area (TPSA) is 73.9 Å². The summed E-state index contributed by atoms with van der Waals surface area (Å²) in [5, 5.41) is 8.37. The van der Waals surface area contributed by atoms with Crippen molar-refractivity contribution >= 4 is 27.4 Å². The van der Waals surface area contributed by atoms with Crippen molar-refractivity contribution in [1.29, 1.82) is 0 Å². The second kappa shape index (κ2) is 6.79. The fourth-order valence-electron chi connectivity index (χ4n) is 4.72. The van der Waals surface area contributed by atoms with Crippen molar-refractivity contribution in [3.05, 3.63) is 16.8 Å². The Kier molecular flexibility index (Phi) is 4.33. The quantitative estimate of drug-likeness (QED) is 0.674. The Bertz CT molecular complexity index is 759. The van der Waals surface area contributed by atoms with E-state index in [1.165, 1.54) is 47.9 Å². The summed E-state index contributed by atoms with van der Waals surface area (Å²) in [5.74, 6) is 1.75. The van der Waals surface area contributed by atoms with E-state index in [2.05, 4.69) is 31.5 Å². The summed E-state index contributed by atoms with van der Waals surface area (Å²) in [6, 6.07) is 1.11. The maximum atomic E-state index is 4.59. The number of rotatable bonds is 3. The van der Waals surface area contributed by atoms with Crippen LogP contribution < -0.4 is 21.5 Å². The lowest BCUT2D eigenvalue weighted by atomic mass is 9.90. The first-order valence-electron chi connectivity index (χ1n) is 9.61. The van der Waals surface area contributed by atoms with Crippen molar-refractivity contribution in [2.24, 2.45) is 5.92 Å². The van der Waals surface area contributed by atoms with Gasteiger partial charge in [0.1, 0.15) is 17.0 Å². The minimum atomic E-state index is 0.476. The molecule has 0 aromatic carbocycles. The third-order valence-corrected chi connectivity index (χ3v) is 7.18. The molecule has 2 aromatic heterocycles. The smallest absolute Gasteiger partial charge is 0.138 e. The molecule has 1 saturated carbocycles. The van der Waals surface area contributed by atoms with Gasteiger partial charge in [0, 0.05) is 30.1 Å². The Hall–Kier alpha value is -1.28. The molecule has 1 aliphatic carbocycles. The van der Waals surface area contributed by atoms with E-state index in [0.29, 0.717) is 12.1 Å². The first-order valence-corrected chi connectivity index (χ1v) is 10.4. The van der Waals surface area contributed by atoms with Crippen LogP contribution in [0.2, 0.25) is 0 Å². The number of hydrazine groups is 1. The van der Waals surface area contributed by atoms with E-state index in [4.69, 9.17) is 0 Å². The van der Waals surface area contributed by atoms with E-state index in [-0.39, 0.29) is 0 Å². The van der Waals surface area contributed by atoms with Crippen LogP contribution in [-0.2, 0) is 13.0 Å². The summed E-state index contributed by atoms with van der Waals surface area (Å²) in [7, 11) is 0. The Morgan fingerprint density at radius 2 is 2.12 bits per heavy atom. The van der Waals surface area contributed by atoms with Crippen molar-refractivity contribution in [3.63, 3.8) is 0 Å². The zero-order valence-corrected chi connectivity index (χ0v) is 15.3. The van der Waals surface area contributed by atoms with E-state index in [0.717, 1.165) is 42.6 Å². The van der Waals surface area contributed by atoms with E-state index in [1.807, 2.05) is 11.3 Å². The maximum absolute atomic E-state index is 4.59. The molecule has 134 valence electrons. The molecule has 25 heavy (non-hydrogen) atoms. The van der Waals surface area contributed by atoms with Crippen LogP contribution in [0, 0.1) is 5.92 Å². The molecule has 2 fully saturated rings. The fourth-order valence-corrected chi connectivity index (χ4v) is 5.88. The molecule has 0 spiro atoms. The van der Waals surface area contributed by atoms with E-state index < -0.39 is 0 Å². The van der Waals surface area contributed by atoms with Crippen molar-refractivity contribution in [2.75, 3.05) is 18.4 Å². The molecular formula is C18H26N6S. The summed E-state index contributed by atoms with van der Waals surface area (Å²) in [6.07, 6.45) is 9.52. The number of fused-ring (bicyclic) bond motifs is 4. The molecule has 6 nitrogen and oxygen atoms in total. The normalized spacial score (nSPS) is 29.2. The highest BCUT2D eigenvalue weighted by Crippen LogP contribution is 2.36. The van der Waals surface area contributed by atoms with Crippen molar-refractivity contribution < 1.29 is 0 Å². The van der Waals surface area contributed by atoms with Crippen molar-refractivity contribution in [2.45, 2.75) is 57.2 Å². The Labute approximate surface area is 152 Å². The predicted molar refractivity (Wildman–Crippen MR) is 102 cm³/mol. The maximum Gasteiger partial charge on any atom is 0.138 e. The Morgan fingerprint density at radius 3 is 3.12 bits per heavy atom. The number of hydrogen-bond donors (Lipinski definition) is 4. The fraction of sp³-hybridized carbons (Fsp3) is 0.667.